The molecular weight excluding hydrogens is 395 g/mol. The lowest BCUT2D eigenvalue weighted by Crippen LogP contribution is -3.00. The highest BCUT2D eigenvalue weighted by Crippen LogP contribution is 2.35. The minimum atomic E-state index is -0.261. The zero-order valence-electron chi connectivity index (χ0n) is 11.1. The van der Waals surface area contributed by atoms with Crippen LogP contribution in [0.1, 0.15) is 10.4 Å². The first-order chi connectivity index (χ1) is 10.1. The van der Waals surface area contributed by atoms with Crippen molar-refractivity contribution in [3.8, 4) is 11.5 Å². The van der Waals surface area contributed by atoms with E-state index in [4.69, 9.17) is 27.9 Å². The number of rotatable bonds is 1. The van der Waals surface area contributed by atoms with Gasteiger partial charge in [0, 0.05) is 11.6 Å². The molecule has 0 aliphatic carbocycles. The number of H-pyrrole nitrogens is 1. The first-order valence-electron chi connectivity index (χ1n) is 6.20. The summed E-state index contributed by atoms with van der Waals surface area (Å²) in [6, 6.07) is 4.55. The van der Waals surface area contributed by atoms with E-state index in [2.05, 4.69) is 4.98 Å². The molecule has 3 rings (SSSR count). The van der Waals surface area contributed by atoms with Crippen LogP contribution >= 0.6 is 23.2 Å². The number of fused-ring (bicyclic) bond motifs is 1. The highest BCUT2D eigenvalue weighted by atomic mass is 79.9. The molecule has 8 heteroatoms. The Bertz CT molecular complexity index is 704. The van der Waals surface area contributed by atoms with Gasteiger partial charge in [0.2, 0.25) is 0 Å². The third-order valence-electron chi connectivity index (χ3n) is 3.18. The average molecular weight is 406 g/mol. The van der Waals surface area contributed by atoms with Crippen molar-refractivity contribution in [3.05, 3.63) is 46.2 Å². The van der Waals surface area contributed by atoms with Crippen LogP contribution in [0.2, 0.25) is 10.0 Å². The maximum atomic E-state index is 12.6. The first-order valence-corrected chi connectivity index (χ1v) is 6.96. The van der Waals surface area contributed by atoms with Gasteiger partial charge in [-0.25, -0.2) is 4.98 Å². The zero-order valence-corrected chi connectivity index (χ0v) is 14.2. The number of carbonyl (C=O) groups excluding carboxylic acids is 1. The van der Waals surface area contributed by atoms with E-state index in [0.29, 0.717) is 30.2 Å². The van der Waals surface area contributed by atoms with E-state index in [1.165, 1.54) is 12.1 Å². The van der Waals surface area contributed by atoms with Crippen LogP contribution < -0.4 is 31.6 Å². The van der Waals surface area contributed by atoms with Gasteiger partial charge in [-0.05, 0) is 12.1 Å². The number of amides is 1. The van der Waals surface area contributed by atoms with Crippen molar-refractivity contribution in [3.63, 3.8) is 0 Å². The molecule has 5 nitrogen and oxygen atoms in total. The van der Waals surface area contributed by atoms with Crippen molar-refractivity contribution >= 4 is 34.8 Å². The number of nitrogens with zero attached hydrogens (tertiary/aromatic N) is 1. The molecule has 1 aliphatic rings. The Kier molecular flexibility index (Phi) is 5.16. The number of benzene rings is 1. The second kappa shape index (κ2) is 6.73. The van der Waals surface area contributed by atoms with Gasteiger partial charge in [-0.1, -0.05) is 23.2 Å². The van der Waals surface area contributed by atoms with E-state index >= 15 is 0 Å². The molecule has 1 aromatic heterocycles. The van der Waals surface area contributed by atoms with E-state index < -0.39 is 0 Å². The molecule has 1 aliphatic heterocycles. The van der Waals surface area contributed by atoms with Crippen molar-refractivity contribution in [2.75, 3.05) is 18.1 Å². The average Bonchev–Trinajstić information content (AvgIpc) is 2.51. The molecular formula is C14H11BrCl2N2O3. The van der Waals surface area contributed by atoms with Crippen molar-refractivity contribution in [2.45, 2.75) is 0 Å². The number of nitrogens with one attached hydrogen (secondary N) is 1. The fraction of sp³-hybridized carbons (Fsp3) is 0.143. The molecule has 2 N–H and O–H groups in total. The number of aromatic nitrogens is 1. The number of phenolic OH excluding ortho intramolecular Hbond substituents is 1. The van der Waals surface area contributed by atoms with Crippen LogP contribution in [-0.4, -0.2) is 24.2 Å². The highest BCUT2D eigenvalue weighted by molar-refractivity contribution is 6.37. The van der Waals surface area contributed by atoms with E-state index in [1.54, 1.807) is 23.4 Å². The van der Waals surface area contributed by atoms with Gasteiger partial charge in [-0.15, -0.1) is 0 Å². The van der Waals surface area contributed by atoms with Crippen molar-refractivity contribution < 1.29 is 36.6 Å². The van der Waals surface area contributed by atoms with Crippen LogP contribution in [0, 0.1) is 0 Å². The monoisotopic (exact) mass is 404 g/mol. The molecule has 2 heterocycles. The van der Waals surface area contributed by atoms with E-state index in [9.17, 15) is 9.90 Å². The summed E-state index contributed by atoms with van der Waals surface area (Å²) < 4.78 is 5.50. The quantitative estimate of drug-likeness (QED) is 0.699. The molecule has 0 unspecified atom stereocenters. The molecule has 1 aromatic carbocycles. The predicted octanol–water partition coefficient (Wildman–Crippen LogP) is -0.444. The largest absolute Gasteiger partial charge is 1.00 e. The fourth-order valence-corrected chi connectivity index (χ4v) is 2.65. The molecule has 0 saturated carbocycles. The zero-order chi connectivity index (χ0) is 15.0. The highest BCUT2D eigenvalue weighted by Gasteiger charge is 2.27. The van der Waals surface area contributed by atoms with Gasteiger partial charge >= 0.3 is 0 Å². The Morgan fingerprint density at radius 1 is 1.32 bits per heavy atom. The summed E-state index contributed by atoms with van der Waals surface area (Å²) in [5.41, 5.74) is 0.952. The lowest BCUT2D eigenvalue weighted by molar-refractivity contribution is -0.377. The minimum Gasteiger partial charge on any atom is -1.00 e. The minimum absolute atomic E-state index is 0. The van der Waals surface area contributed by atoms with Crippen LogP contribution in [0.15, 0.2) is 30.6 Å². The Balaban J connectivity index is 0.00000176. The molecule has 0 spiro atoms. The van der Waals surface area contributed by atoms with Crippen LogP contribution in [0.3, 0.4) is 0 Å². The lowest BCUT2D eigenvalue weighted by Gasteiger charge is -2.27. The fourth-order valence-electron chi connectivity index (χ4n) is 2.16. The summed E-state index contributed by atoms with van der Waals surface area (Å²) >= 11 is 11.7. The third kappa shape index (κ3) is 2.99. The topological polar surface area (TPSA) is 63.9 Å². The van der Waals surface area contributed by atoms with Crippen LogP contribution in [0.5, 0.6) is 11.5 Å². The number of pyridine rings is 1. The van der Waals surface area contributed by atoms with Crippen molar-refractivity contribution in [1.29, 1.82) is 0 Å². The summed E-state index contributed by atoms with van der Waals surface area (Å²) in [4.78, 5) is 17.1. The molecule has 0 bridgehead atoms. The van der Waals surface area contributed by atoms with Gasteiger partial charge in [-0.3, -0.25) is 9.69 Å². The van der Waals surface area contributed by atoms with Crippen LogP contribution in [-0.2, 0) is 0 Å². The standard InChI is InChI=1S/C14H10Cl2N2O3.BrH/c15-9-5-8(6-10(16)13(9)19)14(20)18-3-4-21-12-1-2-17-7-11(12)18;/h1-2,5-7,19H,3-4H2;1H. The number of aromatic hydroxyl groups is 1. The smallest absolute Gasteiger partial charge is 0.258 e. The SMILES string of the molecule is O=C(c1cc(Cl)c(O)c(Cl)c1)N1CCOc2cc[nH+]cc21.[Br-]. The Morgan fingerprint density at radius 3 is 2.68 bits per heavy atom. The maximum absolute atomic E-state index is 12.6. The number of phenols is 1. The number of hydrogen-bond acceptors (Lipinski definition) is 3. The number of ether oxygens (including phenoxy) is 1. The Labute approximate surface area is 147 Å². The summed E-state index contributed by atoms with van der Waals surface area (Å²) in [7, 11) is 0. The van der Waals surface area contributed by atoms with Gasteiger partial charge in [0.05, 0.1) is 16.6 Å². The Morgan fingerprint density at radius 2 is 2.00 bits per heavy atom. The third-order valence-corrected chi connectivity index (χ3v) is 3.75. The van der Waals surface area contributed by atoms with Crippen LogP contribution in [0.25, 0.3) is 0 Å². The number of halogens is 3. The summed E-state index contributed by atoms with van der Waals surface area (Å²) in [5, 5.41) is 9.65. The molecule has 22 heavy (non-hydrogen) atoms. The first kappa shape index (κ1) is 16.9. The molecule has 0 fully saturated rings. The van der Waals surface area contributed by atoms with Gasteiger partial charge in [0.1, 0.15) is 6.61 Å². The van der Waals surface area contributed by atoms with Crippen LogP contribution in [0.4, 0.5) is 5.69 Å². The number of carbonyl (C=O) groups is 1. The summed E-state index contributed by atoms with van der Waals surface area (Å²) in [5.74, 6) is 0.137. The summed E-state index contributed by atoms with van der Waals surface area (Å²) in [6.45, 7) is 0.822. The molecule has 1 amide bonds. The lowest BCUT2D eigenvalue weighted by atomic mass is 10.1. The maximum Gasteiger partial charge on any atom is 0.258 e. The predicted molar refractivity (Wildman–Crippen MR) is 78.3 cm³/mol. The number of aromatic amines is 1. The van der Waals surface area contributed by atoms with E-state index in [-0.39, 0.29) is 38.7 Å². The van der Waals surface area contributed by atoms with Gasteiger partial charge in [0.25, 0.3) is 5.91 Å². The number of anilines is 1. The van der Waals surface area contributed by atoms with Gasteiger partial charge in [0.15, 0.2) is 29.6 Å². The normalized spacial score (nSPS) is 12.9. The van der Waals surface area contributed by atoms with Crippen molar-refractivity contribution in [2.24, 2.45) is 0 Å². The molecule has 0 saturated heterocycles. The molecule has 0 radical (unpaired) electrons. The van der Waals surface area contributed by atoms with Crippen molar-refractivity contribution in [1.82, 2.24) is 0 Å². The van der Waals surface area contributed by atoms with E-state index in [0.717, 1.165) is 0 Å². The van der Waals surface area contributed by atoms with Gasteiger partial charge < -0.3 is 26.8 Å². The Hall–Kier alpha value is -1.50. The number of hydrogen-bond donors (Lipinski definition) is 1. The molecule has 116 valence electrons. The molecule has 0 atom stereocenters. The second-order valence-electron chi connectivity index (χ2n) is 4.49. The van der Waals surface area contributed by atoms with E-state index in [1.807, 2.05) is 0 Å². The summed E-state index contributed by atoms with van der Waals surface area (Å²) in [6.07, 6.45) is 3.41. The second-order valence-corrected chi connectivity index (χ2v) is 5.30. The van der Waals surface area contributed by atoms with Gasteiger partial charge in [-0.2, -0.15) is 0 Å². The molecule has 2 aromatic rings.